The molecule has 6 rings (SSSR count). The number of hydrogen-bond donors (Lipinski definition) is 1. The molecule has 4 aromatic carbocycles. The Hall–Kier alpha value is -3.59. The van der Waals surface area contributed by atoms with E-state index in [1.54, 1.807) is 23.6 Å². The molecule has 0 saturated carbocycles. The van der Waals surface area contributed by atoms with E-state index in [0.29, 0.717) is 0 Å². The number of thiazole rings is 1. The summed E-state index contributed by atoms with van der Waals surface area (Å²) in [5.74, 6) is 0.242. The molecule has 1 N–H and O–H groups in total. The predicted octanol–water partition coefficient (Wildman–Crippen LogP) is 8.52. The minimum Gasteiger partial charge on any atom is -0.507 e. The molecule has 38 heavy (non-hydrogen) atoms. The molecule has 0 atom stereocenters. The van der Waals surface area contributed by atoms with E-state index in [2.05, 4.69) is 79.5 Å². The van der Waals surface area contributed by atoms with Crippen molar-refractivity contribution in [3.05, 3.63) is 127 Å². The summed E-state index contributed by atoms with van der Waals surface area (Å²) < 4.78 is 1.07. The van der Waals surface area contributed by atoms with Gasteiger partial charge in [-0.25, -0.2) is 4.98 Å². The van der Waals surface area contributed by atoms with E-state index < -0.39 is 0 Å². The van der Waals surface area contributed by atoms with Crippen molar-refractivity contribution in [1.82, 2.24) is 9.97 Å². The molecule has 2 aromatic heterocycles. The molecule has 0 spiro atoms. The first kappa shape index (κ1) is 26.0. The van der Waals surface area contributed by atoms with Crippen LogP contribution in [0.15, 0.2) is 109 Å². The molecule has 2 heterocycles. The summed E-state index contributed by atoms with van der Waals surface area (Å²) in [5.41, 5.74) is 7.41. The summed E-state index contributed by atoms with van der Waals surface area (Å²) in [6.07, 6.45) is 1.80. The fourth-order valence-corrected chi connectivity index (χ4v) is 5.93. The van der Waals surface area contributed by atoms with E-state index in [-0.39, 0.29) is 32.2 Å². The van der Waals surface area contributed by atoms with Crippen LogP contribution in [-0.4, -0.2) is 15.1 Å². The number of hydrogen-bond acceptors (Lipinski definition) is 4. The maximum atomic E-state index is 11.1. The Balaban J connectivity index is 0.00000294. The normalized spacial score (nSPS) is 11.3. The van der Waals surface area contributed by atoms with Crippen LogP contribution in [0.3, 0.4) is 0 Å². The zero-order valence-corrected chi connectivity index (χ0v) is 24.0. The van der Waals surface area contributed by atoms with E-state index in [1.807, 2.05) is 42.5 Å². The molecular weight excluding hydrogens is 668 g/mol. The van der Waals surface area contributed by atoms with Crippen molar-refractivity contribution in [3.8, 4) is 38.7 Å². The zero-order chi connectivity index (χ0) is 25.4. The number of phenols is 1. The monoisotopic (exact) mass is 692 g/mol. The smallest absolute Gasteiger partial charge is 0.127 e. The third-order valence-electron chi connectivity index (χ3n) is 6.87. The second kappa shape index (κ2) is 10.6. The van der Waals surface area contributed by atoms with Crippen LogP contribution < -0.4 is 0 Å². The van der Waals surface area contributed by atoms with Gasteiger partial charge in [0.15, 0.2) is 0 Å². The van der Waals surface area contributed by atoms with Gasteiger partial charge in [0.05, 0.1) is 11.1 Å². The number of benzene rings is 4. The van der Waals surface area contributed by atoms with Crippen molar-refractivity contribution in [1.29, 1.82) is 0 Å². The van der Waals surface area contributed by atoms with Crippen molar-refractivity contribution in [2.45, 2.75) is 19.3 Å². The number of nitrogens with zero attached hydrogens (tertiary/aromatic N) is 2. The van der Waals surface area contributed by atoms with Crippen molar-refractivity contribution in [2.75, 3.05) is 0 Å². The second-order valence-corrected chi connectivity index (χ2v) is 10.6. The first-order chi connectivity index (χ1) is 18.0. The Kier molecular flexibility index (Phi) is 7.29. The number of phenolic OH excluding ortho intramolecular Hbond substituents is 1. The van der Waals surface area contributed by atoms with E-state index in [4.69, 9.17) is 4.98 Å². The third kappa shape index (κ3) is 4.71. The van der Waals surface area contributed by atoms with Crippen molar-refractivity contribution < 1.29 is 26.2 Å². The minimum atomic E-state index is -0.319. The van der Waals surface area contributed by atoms with Gasteiger partial charge in [0.1, 0.15) is 10.8 Å². The summed E-state index contributed by atoms with van der Waals surface area (Å²) in [6.45, 7) is 4.38. The van der Waals surface area contributed by atoms with Gasteiger partial charge in [-0.1, -0.05) is 91.7 Å². The number of pyridine rings is 1. The molecule has 190 valence electrons. The Morgan fingerprint density at radius 1 is 0.763 bits per heavy atom. The van der Waals surface area contributed by atoms with Gasteiger partial charge in [-0.15, -0.1) is 41.2 Å². The van der Waals surface area contributed by atoms with Crippen LogP contribution in [0.5, 0.6) is 5.75 Å². The summed E-state index contributed by atoms with van der Waals surface area (Å²) in [7, 11) is 0. The molecule has 0 amide bonds. The Morgan fingerprint density at radius 2 is 1.50 bits per heavy atom. The van der Waals surface area contributed by atoms with Gasteiger partial charge >= 0.3 is 0 Å². The summed E-state index contributed by atoms with van der Waals surface area (Å²) in [4.78, 5) is 9.60. The van der Waals surface area contributed by atoms with Crippen LogP contribution in [0.2, 0.25) is 0 Å². The average molecular weight is 693 g/mol. The van der Waals surface area contributed by atoms with Crippen LogP contribution >= 0.6 is 11.3 Å². The van der Waals surface area contributed by atoms with E-state index >= 15 is 0 Å². The van der Waals surface area contributed by atoms with Crippen LogP contribution in [0.4, 0.5) is 0 Å². The Bertz CT molecular complexity index is 1710. The molecule has 3 nitrogen and oxygen atoms in total. The molecule has 0 aliphatic carbocycles. The third-order valence-corrected chi connectivity index (χ3v) is 7.91. The number of aromatic nitrogens is 2. The molecule has 0 aliphatic rings. The molecule has 6 aromatic rings. The molecule has 0 aliphatic heterocycles. The maximum absolute atomic E-state index is 11.1. The van der Waals surface area contributed by atoms with Gasteiger partial charge < -0.3 is 5.11 Å². The second-order valence-electron chi connectivity index (χ2n) is 9.56. The zero-order valence-electron chi connectivity index (χ0n) is 21.0. The van der Waals surface area contributed by atoms with Gasteiger partial charge in [-0.2, -0.15) is 0 Å². The van der Waals surface area contributed by atoms with Crippen LogP contribution in [0.25, 0.3) is 43.2 Å². The largest absolute Gasteiger partial charge is 0.507 e. The van der Waals surface area contributed by atoms with Crippen LogP contribution in [0, 0.1) is 6.07 Å². The molecule has 0 saturated heterocycles. The molecule has 0 fully saturated rings. The topological polar surface area (TPSA) is 46.0 Å². The van der Waals surface area contributed by atoms with Gasteiger partial charge in [0.25, 0.3) is 0 Å². The fourth-order valence-electron chi connectivity index (χ4n) is 4.87. The van der Waals surface area contributed by atoms with Crippen molar-refractivity contribution in [2.24, 2.45) is 0 Å². The van der Waals surface area contributed by atoms with Crippen LogP contribution in [-0.2, 0) is 26.5 Å². The Labute approximate surface area is 241 Å². The van der Waals surface area contributed by atoms with Gasteiger partial charge in [-0.3, -0.25) is 4.98 Å². The first-order valence-electron chi connectivity index (χ1n) is 12.2. The summed E-state index contributed by atoms with van der Waals surface area (Å²) in [6, 6.07) is 37.9. The summed E-state index contributed by atoms with van der Waals surface area (Å²) >= 11 is 1.60. The molecule has 0 bridgehead atoms. The van der Waals surface area contributed by atoms with E-state index in [0.717, 1.165) is 48.7 Å². The predicted molar refractivity (Wildman–Crippen MR) is 153 cm³/mol. The summed E-state index contributed by atoms with van der Waals surface area (Å²) in [5, 5.41) is 11.9. The fraction of sp³-hybridized carbons (Fsp3) is 0.0909. The quantitative estimate of drug-likeness (QED) is 0.184. The maximum Gasteiger partial charge on any atom is 0.127 e. The number of para-hydroxylation sites is 1. The molecular formula is C33H25N2OPtS-. The van der Waals surface area contributed by atoms with E-state index in [1.165, 1.54) is 5.56 Å². The molecule has 0 unspecified atom stereocenters. The standard InChI is InChI=1S/C33H25N2OS.Pt/c1-33(2,24-13-4-3-5-14-24)26-16-10-18-28(36)30(26)32-35-31-25(15-9-19-29(31)37-32)22-11-8-12-23(21-22)27-17-6-7-20-34-27;/h3-20,36H,1-2H3;/q-1;. The number of aromatic hydroxyl groups is 1. The number of rotatable bonds is 5. The SMILES string of the molecule is CC(C)(c1ccccc1)c1cccc(O)c1-c1nc2c(-c3[c-]c(-c4ccccn4)ccc3)cccc2s1.[Pt]. The van der Waals surface area contributed by atoms with Gasteiger partial charge in [-0.05, 0) is 29.3 Å². The average Bonchev–Trinajstić information content (AvgIpc) is 3.38. The number of fused-ring (bicyclic) bond motifs is 1. The van der Waals surface area contributed by atoms with Crippen molar-refractivity contribution in [3.63, 3.8) is 0 Å². The van der Waals surface area contributed by atoms with Crippen LogP contribution in [0.1, 0.15) is 25.0 Å². The van der Waals surface area contributed by atoms with Gasteiger partial charge in [0, 0.05) is 43.1 Å². The molecule has 5 heteroatoms. The first-order valence-corrected chi connectivity index (χ1v) is 13.1. The van der Waals surface area contributed by atoms with Gasteiger partial charge in [0.2, 0.25) is 0 Å². The molecule has 0 radical (unpaired) electrons. The minimum absolute atomic E-state index is 0. The van der Waals surface area contributed by atoms with Crippen molar-refractivity contribution >= 4 is 21.6 Å². The Morgan fingerprint density at radius 3 is 2.29 bits per heavy atom. The van der Waals surface area contributed by atoms with E-state index in [9.17, 15) is 5.11 Å².